The van der Waals surface area contributed by atoms with Crippen molar-refractivity contribution >= 4 is 5.91 Å². The lowest BCUT2D eigenvalue weighted by atomic mass is 9.87. The number of hydrogen-bond acceptors (Lipinski definition) is 4. The molecule has 3 atom stereocenters. The maximum absolute atomic E-state index is 15.0. The molecule has 2 aliphatic heterocycles. The summed E-state index contributed by atoms with van der Waals surface area (Å²) in [6.07, 6.45) is 0.184. The van der Waals surface area contributed by atoms with E-state index in [4.69, 9.17) is 4.84 Å². The Balaban J connectivity index is 1.40. The zero-order chi connectivity index (χ0) is 20.4. The summed E-state index contributed by atoms with van der Waals surface area (Å²) in [4.78, 5) is 20.6. The number of hydrogen-bond donors (Lipinski definition) is 1. The molecule has 2 saturated heterocycles. The van der Waals surface area contributed by atoms with Crippen LogP contribution in [0.3, 0.4) is 0 Å². The van der Waals surface area contributed by atoms with Crippen molar-refractivity contribution in [1.82, 2.24) is 9.96 Å². The first-order chi connectivity index (χ1) is 14.0. The zero-order valence-corrected chi connectivity index (χ0v) is 16.6. The Bertz CT molecular complexity index is 840. The van der Waals surface area contributed by atoms with Crippen LogP contribution in [-0.4, -0.2) is 52.9 Å². The summed E-state index contributed by atoms with van der Waals surface area (Å²) in [6.45, 7) is 3.79. The van der Waals surface area contributed by atoms with Gasteiger partial charge in [-0.15, -0.1) is 0 Å². The number of rotatable bonds is 4. The summed E-state index contributed by atoms with van der Waals surface area (Å²) in [7, 11) is 0. The third-order valence-electron chi connectivity index (χ3n) is 5.95. The van der Waals surface area contributed by atoms with Gasteiger partial charge in [0.25, 0.3) is 5.91 Å². The van der Waals surface area contributed by atoms with Gasteiger partial charge in [-0.3, -0.25) is 14.5 Å². The predicted octanol–water partition coefficient (Wildman–Crippen LogP) is 3.56. The normalized spacial score (nSPS) is 25.9. The second-order valence-corrected chi connectivity index (χ2v) is 8.00. The summed E-state index contributed by atoms with van der Waals surface area (Å²) in [6, 6.07) is 14.4. The highest BCUT2D eigenvalue weighted by Gasteiger charge is 2.39. The molecule has 6 heteroatoms. The number of phenols is 1. The Kier molecular flexibility index (Phi) is 5.83. The van der Waals surface area contributed by atoms with E-state index in [0.29, 0.717) is 32.5 Å². The van der Waals surface area contributed by atoms with Gasteiger partial charge in [-0.2, -0.15) is 0 Å². The maximum atomic E-state index is 15.0. The van der Waals surface area contributed by atoms with Crippen molar-refractivity contribution in [1.29, 1.82) is 0 Å². The van der Waals surface area contributed by atoms with Gasteiger partial charge in [0.2, 0.25) is 0 Å². The van der Waals surface area contributed by atoms with E-state index in [1.165, 1.54) is 10.6 Å². The van der Waals surface area contributed by atoms with Crippen LogP contribution in [-0.2, 0) is 16.2 Å². The fraction of sp³-hybridized carbons (Fsp3) is 0.435. The van der Waals surface area contributed by atoms with Crippen LogP contribution in [0.4, 0.5) is 4.39 Å². The van der Waals surface area contributed by atoms with Crippen molar-refractivity contribution in [3.8, 4) is 5.75 Å². The molecule has 29 heavy (non-hydrogen) atoms. The molecular formula is C23H27FN2O3. The number of benzene rings is 2. The number of piperidine rings is 1. The van der Waals surface area contributed by atoms with E-state index < -0.39 is 6.17 Å². The number of carbonyl (C=O) groups is 1. The number of halogens is 1. The lowest BCUT2D eigenvalue weighted by Crippen LogP contribution is -2.56. The number of amides is 1. The van der Waals surface area contributed by atoms with Crippen LogP contribution in [0.25, 0.3) is 0 Å². The van der Waals surface area contributed by atoms with E-state index in [9.17, 15) is 14.3 Å². The molecular weight excluding hydrogens is 371 g/mol. The van der Waals surface area contributed by atoms with Crippen LogP contribution in [0.2, 0.25) is 0 Å². The molecule has 2 aliphatic rings. The minimum atomic E-state index is -1.05. The van der Waals surface area contributed by atoms with Gasteiger partial charge < -0.3 is 5.11 Å². The monoisotopic (exact) mass is 398 g/mol. The first kappa shape index (κ1) is 19.9. The molecule has 0 saturated carbocycles. The first-order valence-electron chi connectivity index (χ1n) is 10.2. The Morgan fingerprint density at radius 2 is 1.83 bits per heavy atom. The number of carbonyl (C=O) groups excluding carboxylic acids is 1. The molecule has 0 radical (unpaired) electrons. The number of likely N-dealkylation sites (tertiary alicyclic amines) is 1. The molecule has 3 unspecified atom stereocenters. The Morgan fingerprint density at radius 1 is 1.10 bits per heavy atom. The van der Waals surface area contributed by atoms with Crippen molar-refractivity contribution in [2.75, 3.05) is 19.7 Å². The van der Waals surface area contributed by atoms with Crippen molar-refractivity contribution in [2.24, 2.45) is 0 Å². The summed E-state index contributed by atoms with van der Waals surface area (Å²) < 4.78 is 15.0. The number of aromatic hydroxyl groups is 1. The van der Waals surface area contributed by atoms with Crippen LogP contribution >= 0.6 is 0 Å². The Morgan fingerprint density at radius 3 is 2.52 bits per heavy atom. The summed E-state index contributed by atoms with van der Waals surface area (Å²) >= 11 is 0. The van der Waals surface area contributed by atoms with Gasteiger partial charge in [-0.25, -0.2) is 9.45 Å². The number of aryl methyl sites for hydroxylation is 1. The molecule has 1 N–H and O–H groups in total. The molecule has 2 aromatic carbocycles. The van der Waals surface area contributed by atoms with Gasteiger partial charge in [-0.05, 0) is 49.6 Å². The lowest BCUT2D eigenvalue weighted by Gasteiger charge is -2.42. The molecule has 5 nitrogen and oxygen atoms in total. The van der Waals surface area contributed by atoms with Gasteiger partial charge in [0.1, 0.15) is 11.9 Å². The Hall–Kier alpha value is -2.44. The minimum Gasteiger partial charge on any atom is -0.508 e. The average molecular weight is 398 g/mol. The molecule has 1 amide bonds. The number of phenolic OH excluding ortho intramolecular Hbond substituents is 1. The second-order valence-electron chi connectivity index (χ2n) is 8.00. The number of nitrogens with zero attached hydrogens (tertiary/aromatic N) is 2. The molecule has 154 valence electrons. The average Bonchev–Trinajstić information content (AvgIpc) is 2.72. The molecule has 4 rings (SSSR count). The second kappa shape index (κ2) is 8.51. The van der Waals surface area contributed by atoms with E-state index in [2.05, 4.69) is 0 Å². The molecule has 0 spiro atoms. The van der Waals surface area contributed by atoms with E-state index in [0.717, 1.165) is 11.1 Å². The van der Waals surface area contributed by atoms with E-state index in [1.807, 2.05) is 36.1 Å². The van der Waals surface area contributed by atoms with Gasteiger partial charge in [0, 0.05) is 12.5 Å². The summed E-state index contributed by atoms with van der Waals surface area (Å²) in [5.74, 6) is -0.111. The molecule has 0 aliphatic carbocycles. The van der Waals surface area contributed by atoms with Crippen molar-refractivity contribution < 1.29 is 19.1 Å². The fourth-order valence-corrected chi connectivity index (χ4v) is 4.26. The SMILES string of the molecule is Cc1ccc(CN2OCCC(N3CCC(c4ccc(O)cc4)C(F)C3)C2=O)cc1. The highest BCUT2D eigenvalue weighted by atomic mass is 19.1. The maximum Gasteiger partial charge on any atom is 0.263 e. The molecule has 2 aromatic rings. The van der Waals surface area contributed by atoms with Crippen LogP contribution in [0.1, 0.15) is 35.4 Å². The summed E-state index contributed by atoms with van der Waals surface area (Å²) in [5.41, 5.74) is 3.08. The minimum absolute atomic E-state index is 0.0906. The highest BCUT2D eigenvalue weighted by Crippen LogP contribution is 2.33. The van der Waals surface area contributed by atoms with Crippen LogP contribution in [0, 0.1) is 6.92 Å². The van der Waals surface area contributed by atoms with Gasteiger partial charge >= 0.3 is 0 Å². The fourth-order valence-electron chi connectivity index (χ4n) is 4.26. The van der Waals surface area contributed by atoms with Crippen LogP contribution < -0.4 is 0 Å². The standard InChI is InChI=1S/C23H27FN2O3/c1-16-2-4-17(5-3-16)14-26-23(28)22(11-13-29-26)25-12-10-20(21(24)15-25)18-6-8-19(27)9-7-18/h2-9,20-22,27H,10-15H2,1H3. The van der Waals surface area contributed by atoms with Crippen molar-refractivity contribution in [3.63, 3.8) is 0 Å². The molecule has 0 aromatic heterocycles. The van der Waals surface area contributed by atoms with Gasteiger partial charge in [0.15, 0.2) is 0 Å². The smallest absolute Gasteiger partial charge is 0.263 e. The number of alkyl halides is 1. The highest BCUT2D eigenvalue weighted by molar-refractivity contribution is 5.81. The van der Waals surface area contributed by atoms with Crippen LogP contribution in [0.15, 0.2) is 48.5 Å². The number of hydroxylamine groups is 2. The Labute approximate surface area is 170 Å². The van der Waals surface area contributed by atoms with Crippen molar-refractivity contribution in [2.45, 2.75) is 44.4 Å². The molecule has 2 fully saturated rings. The summed E-state index contributed by atoms with van der Waals surface area (Å²) in [5, 5.41) is 10.9. The zero-order valence-electron chi connectivity index (χ0n) is 16.6. The quantitative estimate of drug-likeness (QED) is 0.856. The van der Waals surface area contributed by atoms with E-state index >= 15 is 0 Å². The van der Waals surface area contributed by atoms with Gasteiger partial charge in [-0.1, -0.05) is 42.0 Å². The largest absolute Gasteiger partial charge is 0.508 e. The molecule has 0 bridgehead atoms. The molecule has 2 heterocycles. The topological polar surface area (TPSA) is 53.0 Å². The van der Waals surface area contributed by atoms with E-state index in [-0.39, 0.29) is 30.2 Å². The first-order valence-corrected chi connectivity index (χ1v) is 10.2. The third kappa shape index (κ3) is 4.43. The van der Waals surface area contributed by atoms with Crippen LogP contribution in [0.5, 0.6) is 5.75 Å². The predicted molar refractivity (Wildman–Crippen MR) is 108 cm³/mol. The van der Waals surface area contributed by atoms with Gasteiger partial charge in [0.05, 0.1) is 19.2 Å². The third-order valence-corrected chi connectivity index (χ3v) is 5.95. The lowest BCUT2D eigenvalue weighted by molar-refractivity contribution is -0.212. The van der Waals surface area contributed by atoms with E-state index in [1.54, 1.807) is 24.3 Å². The van der Waals surface area contributed by atoms with Crippen molar-refractivity contribution in [3.05, 3.63) is 65.2 Å².